The summed E-state index contributed by atoms with van der Waals surface area (Å²) >= 11 is 0. The first-order chi connectivity index (χ1) is 9.49. The van der Waals surface area contributed by atoms with Crippen LogP contribution in [0.5, 0.6) is 0 Å². The maximum absolute atomic E-state index is 10.9. The fraction of sp³-hybridized carbons (Fsp3) is 0.700. The monoisotopic (exact) mass is 292 g/mol. The van der Waals surface area contributed by atoms with Crippen LogP contribution in [0.4, 0.5) is 9.59 Å². The summed E-state index contributed by atoms with van der Waals surface area (Å²) in [6, 6.07) is 0. The van der Waals surface area contributed by atoms with Crippen LogP contribution < -0.4 is 22.3 Å². The molecule has 0 aromatic carbocycles. The van der Waals surface area contributed by atoms with E-state index in [1.807, 2.05) is 5.43 Å². The molecular weight excluding hydrogens is 272 g/mol. The number of rotatable bonds is 9. The Morgan fingerprint density at radius 1 is 1.20 bits per heavy atom. The molecule has 0 bridgehead atoms. The molecule has 0 spiro atoms. The molecule has 0 aliphatic heterocycles. The van der Waals surface area contributed by atoms with Gasteiger partial charge in [0.05, 0.1) is 0 Å². The number of alkyl carbamates (subject to hydrolysis) is 1. The Kier molecular flexibility index (Phi) is 9.70. The van der Waals surface area contributed by atoms with Crippen LogP contribution in [-0.2, 0) is 19.0 Å². The van der Waals surface area contributed by atoms with E-state index in [9.17, 15) is 14.4 Å². The van der Waals surface area contributed by atoms with Crippen molar-refractivity contribution in [2.45, 2.75) is 18.9 Å². The maximum atomic E-state index is 10.9. The fourth-order valence-corrected chi connectivity index (χ4v) is 1.12. The quantitative estimate of drug-likeness (QED) is 0.176. The van der Waals surface area contributed by atoms with Gasteiger partial charge in [-0.25, -0.2) is 15.4 Å². The highest BCUT2D eigenvalue weighted by Crippen LogP contribution is 1.99. The summed E-state index contributed by atoms with van der Waals surface area (Å²) < 4.78 is 14.7. The number of nitrogens with two attached hydrogens (primary N) is 2. The Morgan fingerprint density at radius 2 is 1.85 bits per heavy atom. The third-order valence-electron chi connectivity index (χ3n) is 2.08. The predicted molar refractivity (Wildman–Crippen MR) is 67.2 cm³/mol. The highest BCUT2D eigenvalue weighted by Gasteiger charge is 2.14. The van der Waals surface area contributed by atoms with Crippen LogP contribution in [-0.4, -0.2) is 51.1 Å². The number of hydrogen-bond donors (Lipinski definition) is 4. The standard InChI is InChI=1S/C10H20N4O6/c1-13-10(17)20-6-7(5-19-9(11)16)18-4-2-3-8(15)14-12/h7H,2-6,12H2,1H3,(H2,11,16)(H,13,17)(H,14,15). The smallest absolute Gasteiger partial charge is 0.406 e. The zero-order valence-electron chi connectivity index (χ0n) is 11.2. The summed E-state index contributed by atoms with van der Waals surface area (Å²) in [5.74, 6) is 4.60. The minimum Gasteiger partial charge on any atom is -0.447 e. The van der Waals surface area contributed by atoms with Gasteiger partial charge in [-0.1, -0.05) is 0 Å². The minimum absolute atomic E-state index is 0.115. The van der Waals surface area contributed by atoms with Crippen LogP contribution in [0.1, 0.15) is 12.8 Å². The molecule has 0 aliphatic carbocycles. The molecule has 0 rings (SSSR count). The maximum Gasteiger partial charge on any atom is 0.406 e. The van der Waals surface area contributed by atoms with Crippen molar-refractivity contribution in [2.75, 3.05) is 26.9 Å². The van der Waals surface area contributed by atoms with E-state index in [2.05, 4.69) is 10.1 Å². The van der Waals surface area contributed by atoms with E-state index < -0.39 is 18.3 Å². The molecule has 0 fully saturated rings. The van der Waals surface area contributed by atoms with Gasteiger partial charge in [-0.3, -0.25) is 10.2 Å². The molecule has 0 aromatic rings. The van der Waals surface area contributed by atoms with E-state index in [4.69, 9.17) is 21.1 Å². The topological polar surface area (TPSA) is 155 Å². The Bertz CT molecular complexity index is 325. The van der Waals surface area contributed by atoms with Crippen molar-refractivity contribution in [3.8, 4) is 0 Å². The van der Waals surface area contributed by atoms with Crippen molar-refractivity contribution in [1.29, 1.82) is 0 Å². The summed E-state index contributed by atoms with van der Waals surface area (Å²) in [4.78, 5) is 32.3. The third-order valence-corrected chi connectivity index (χ3v) is 2.08. The average molecular weight is 292 g/mol. The summed E-state index contributed by atoms with van der Waals surface area (Å²) in [6.07, 6.45) is -1.66. The lowest BCUT2D eigenvalue weighted by Crippen LogP contribution is -2.33. The molecule has 0 saturated heterocycles. The number of hydrogen-bond acceptors (Lipinski definition) is 7. The largest absolute Gasteiger partial charge is 0.447 e. The fourth-order valence-electron chi connectivity index (χ4n) is 1.12. The molecule has 1 unspecified atom stereocenters. The van der Waals surface area contributed by atoms with Crippen LogP contribution in [0, 0.1) is 0 Å². The predicted octanol–water partition coefficient (Wildman–Crippen LogP) is -1.41. The Labute approximate surface area is 116 Å². The summed E-state index contributed by atoms with van der Waals surface area (Å²) in [6.45, 7) is -0.0667. The summed E-state index contributed by atoms with van der Waals surface area (Å²) in [7, 11) is 1.41. The van der Waals surface area contributed by atoms with Gasteiger partial charge in [0, 0.05) is 20.1 Å². The minimum atomic E-state index is -0.957. The van der Waals surface area contributed by atoms with Gasteiger partial charge in [-0.05, 0) is 6.42 Å². The van der Waals surface area contributed by atoms with Crippen LogP contribution in [0.2, 0.25) is 0 Å². The first-order valence-corrected chi connectivity index (χ1v) is 5.87. The van der Waals surface area contributed by atoms with Crippen LogP contribution >= 0.6 is 0 Å². The molecule has 0 aromatic heterocycles. The molecule has 1 atom stereocenters. The van der Waals surface area contributed by atoms with E-state index in [1.54, 1.807) is 0 Å². The zero-order chi connectivity index (χ0) is 15.4. The van der Waals surface area contributed by atoms with E-state index in [1.165, 1.54) is 7.05 Å². The van der Waals surface area contributed by atoms with Gasteiger partial charge in [-0.15, -0.1) is 0 Å². The molecule has 6 N–H and O–H groups in total. The Morgan fingerprint density at radius 3 is 2.40 bits per heavy atom. The number of hydrazine groups is 1. The molecule has 0 saturated carbocycles. The summed E-state index contributed by atoms with van der Waals surface area (Å²) in [5.41, 5.74) is 6.81. The number of primary amides is 1. The van der Waals surface area contributed by atoms with E-state index in [0.29, 0.717) is 6.42 Å². The van der Waals surface area contributed by atoms with Gasteiger partial charge in [0.15, 0.2) is 0 Å². The number of amides is 3. The van der Waals surface area contributed by atoms with Crippen LogP contribution in [0.25, 0.3) is 0 Å². The van der Waals surface area contributed by atoms with Crippen molar-refractivity contribution in [2.24, 2.45) is 11.6 Å². The molecule has 0 aliphatic rings. The third kappa shape index (κ3) is 9.91. The molecule has 10 nitrogen and oxygen atoms in total. The van der Waals surface area contributed by atoms with Crippen molar-refractivity contribution in [1.82, 2.24) is 10.7 Å². The second kappa shape index (κ2) is 10.8. The Balaban J connectivity index is 4.00. The number of carbonyl (C=O) groups is 3. The molecule has 116 valence electrons. The van der Waals surface area contributed by atoms with Crippen LogP contribution in [0.3, 0.4) is 0 Å². The number of nitrogens with one attached hydrogen (secondary N) is 2. The molecular formula is C10H20N4O6. The van der Waals surface area contributed by atoms with E-state index in [0.717, 1.165) is 0 Å². The van der Waals surface area contributed by atoms with Gasteiger partial charge in [0.1, 0.15) is 19.3 Å². The lowest BCUT2D eigenvalue weighted by Gasteiger charge is -2.17. The van der Waals surface area contributed by atoms with Gasteiger partial charge >= 0.3 is 12.2 Å². The molecule has 3 amide bonds. The highest BCUT2D eigenvalue weighted by molar-refractivity contribution is 5.75. The van der Waals surface area contributed by atoms with E-state index in [-0.39, 0.29) is 32.1 Å². The average Bonchev–Trinajstić information content (AvgIpc) is 2.44. The second-order valence-corrected chi connectivity index (χ2v) is 3.64. The van der Waals surface area contributed by atoms with Gasteiger partial charge < -0.3 is 25.3 Å². The zero-order valence-corrected chi connectivity index (χ0v) is 11.2. The second-order valence-electron chi connectivity index (χ2n) is 3.64. The summed E-state index contributed by atoms with van der Waals surface area (Å²) in [5, 5.41) is 2.26. The SMILES string of the molecule is CNC(=O)OCC(COC(N)=O)OCCCC(=O)NN. The van der Waals surface area contributed by atoms with E-state index >= 15 is 0 Å². The lowest BCUT2D eigenvalue weighted by atomic mass is 10.3. The van der Waals surface area contributed by atoms with Crippen LogP contribution in [0.15, 0.2) is 0 Å². The van der Waals surface area contributed by atoms with Crippen molar-refractivity contribution >= 4 is 18.1 Å². The molecule has 20 heavy (non-hydrogen) atoms. The highest BCUT2D eigenvalue weighted by atomic mass is 16.6. The first-order valence-electron chi connectivity index (χ1n) is 5.87. The number of carbonyl (C=O) groups excluding carboxylic acids is 3. The van der Waals surface area contributed by atoms with Crippen molar-refractivity contribution in [3.05, 3.63) is 0 Å². The molecule has 0 heterocycles. The van der Waals surface area contributed by atoms with Gasteiger partial charge in [0.2, 0.25) is 5.91 Å². The lowest BCUT2D eigenvalue weighted by molar-refractivity contribution is -0.121. The van der Waals surface area contributed by atoms with Crippen molar-refractivity contribution in [3.63, 3.8) is 0 Å². The Hall–Kier alpha value is -2.07. The van der Waals surface area contributed by atoms with Gasteiger partial charge in [0.25, 0.3) is 0 Å². The number of ether oxygens (including phenoxy) is 3. The molecule has 10 heteroatoms. The normalized spacial score (nSPS) is 11.3. The van der Waals surface area contributed by atoms with Gasteiger partial charge in [-0.2, -0.15) is 0 Å². The first kappa shape index (κ1) is 17.9. The molecule has 0 radical (unpaired) electrons. The van der Waals surface area contributed by atoms with Crippen molar-refractivity contribution < 1.29 is 28.6 Å².